The number of nitrogens with one attached hydrogen (secondary N) is 1. The third-order valence-electron chi connectivity index (χ3n) is 6.75. The summed E-state index contributed by atoms with van der Waals surface area (Å²) in [5, 5.41) is 21.8. The Bertz CT molecular complexity index is 1610. The molecule has 2 N–H and O–H groups in total. The summed E-state index contributed by atoms with van der Waals surface area (Å²) in [7, 11) is -3.70. The van der Waals surface area contributed by atoms with Gasteiger partial charge in [0, 0.05) is 24.2 Å². The summed E-state index contributed by atoms with van der Waals surface area (Å²) in [6.07, 6.45) is 0.331. The minimum absolute atomic E-state index is 0.0668. The van der Waals surface area contributed by atoms with E-state index in [9.17, 15) is 33.2 Å². The average molecular weight is 640 g/mol. The van der Waals surface area contributed by atoms with Crippen molar-refractivity contribution >= 4 is 27.7 Å². The van der Waals surface area contributed by atoms with Crippen molar-refractivity contribution in [3.05, 3.63) is 99.1 Å². The normalized spacial score (nSPS) is 12.4. The first-order valence-corrected chi connectivity index (χ1v) is 16.5. The molecule has 0 unspecified atom stereocenters. The molecule has 1 atom stereocenters. The lowest BCUT2D eigenvalue weighted by atomic mass is 9.93. The zero-order valence-corrected chi connectivity index (χ0v) is 27.3. The molecular weight excluding hydrogens is 598 g/mol. The van der Waals surface area contributed by atoms with Crippen LogP contribution in [-0.4, -0.2) is 60.3 Å². The minimum atomic E-state index is -3.70. The molecule has 12 heteroatoms. The Balaban J connectivity index is 1.78. The van der Waals surface area contributed by atoms with Crippen molar-refractivity contribution in [2.75, 3.05) is 19.3 Å². The van der Waals surface area contributed by atoms with E-state index in [-0.39, 0.29) is 24.7 Å². The second-order valence-electron chi connectivity index (χ2n) is 12.4. The zero-order chi connectivity index (χ0) is 33.5. The molecular formula is C33H41N3O8S. The molecule has 45 heavy (non-hydrogen) atoms. The highest BCUT2D eigenvalue weighted by Crippen LogP contribution is 2.26. The number of ether oxygens (including phenoxy) is 1. The zero-order valence-electron chi connectivity index (χ0n) is 26.4. The Morgan fingerprint density at radius 2 is 1.60 bits per heavy atom. The van der Waals surface area contributed by atoms with Gasteiger partial charge in [0.15, 0.2) is 0 Å². The van der Waals surface area contributed by atoms with Crippen LogP contribution in [0.3, 0.4) is 0 Å². The lowest BCUT2D eigenvalue weighted by Crippen LogP contribution is -2.40. The standard InChI is InChI=1S/C33H41N3O8S/c1-22(2)19-27-20-26(13-16-29(27)31(38)34-45(6,42)43)24-9-7-23(8-10-24)17-18-35(32(39)44-33(3,4)5)21-30(37)25-11-14-28(15-12-25)36(40)41/h7-16,20,22,30,37H,17-19,21H2,1-6H3,(H,34,38)/t30-/m0/s1. The fraction of sp³-hybridized carbons (Fsp3) is 0.394. The molecule has 0 saturated heterocycles. The Hall–Kier alpha value is -4.29. The van der Waals surface area contributed by atoms with Gasteiger partial charge in [-0.1, -0.05) is 50.2 Å². The second-order valence-corrected chi connectivity index (χ2v) is 14.2. The van der Waals surface area contributed by atoms with Crippen LogP contribution in [0.5, 0.6) is 0 Å². The van der Waals surface area contributed by atoms with E-state index >= 15 is 0 Å². The molecule has 3 rings (SSSR count). The van der Waals surface area contributed by atoms with E-state index in [0.717, 1.165) is 28.5 Å². The molecule has 0 aliphatic rings. The van der Waals surface area contributed by atoms with Crippen LogP contribution < -0.4 is 4.72 Å². The summed E-state index contributed by atoms with van der Waals surface area (Å²) in [5.74, 6) is -0.428. The maximum atomic E-state index is 13.0. The highest BCUT2D eigenvalue weighted by Gasteiger charge is 2.25. The summed E-state index contributed by atoms with van der Waals surface area (Å²) in [4.78, 5) is 37.5. The molecule has 0 aromatic heterocycles. The van der Waals surface area contributed by atoms with Gasteiger partial charge in [-0.25, -0.2) is 17.9 Å². The Kier molecular flexibility index (Phi) is 11.5. The van der Waals surface area contributed by atoms with Crippen LogP contribution in [0.2, 0.25) is 0 Å². The number of nitro groups is 1. The Morgan fingerprint density at radius 3 is 2.13 bits per heavy atom. The van der Waals surface area contributed by atoms with Gasteiger partial charge in [0.25, 0.3) is 11.6 Å². The van der Waals surface area contributed by atoms with Gasteiger partial charge in [0.1, 0.15) is 5.60 Å². The molecule has 0 aliphatic carbocycles. The quantitative estimate of drug-likeness (QED) is 0.190. The monoisotopic (exact) mass is 639 g/mol. The number of sulfonamides is 1. The number of hydrogen-bond acceptors (Lipinski definition) is 8. The lowest BCUT2D eigenvalue weighted by Gasteiger charge is -2.29. The molecule has 3 aromatic rings. The number of carbonyl (C=O) groups excluding carboxylic acids is 2. The van der Waals surface area contributed by atoms with Gasteiger partial charge in [-0.05, 0) is 85.5 Å². The van der Waals surface area contributed by atoms with Crippen LogP contribution in [0.4, 0.5) is 10.5 Å². The van der Waals surface area contributed by atoms with E-state index in [0.29, 0.717) is 24.0 Å². The highest BCUT2D eigenvalue weighted by atomic mass is 32.2. The third kappa shape index (κ3) is 11.0. The summed E-state index contributed by atoms with van der Waals surface area (Å²) in [5.41, 5.74) is 3.36. The van der Waals surface area contributed by atoms with Gasteiger partial charge in [-0.3, -0.25) is 14.9 Å². The summed E-state index contributed by atoms with van der Waals surface area (Å²) < 4.78 is 30.8. The Morgan fingerprint density at radius 1 is 1.00 bits per heavy atom. The average Bonchev–Trinajstić information content (AvgIpc) is 2.93. The molecule has 0 saturated carbocycles. The first-order chi connectivity index (χ1) is 20.9. The van der Waals surface area contributed by atoms with Crippen molar-refractivity contribution in [1.29, 1.82) is 0 Å². The van der Waals surface area contributed by atoms with Crippen molar-refractivity contribution < 1.29 is 32.8 Å². The van der Waals surface area contributed by atoms with Crippen LogP contribution in [-0.2, 0) is 27.6 Å². The summed E-state index contributed by atoms with van der Waals surface area (Å²) in [6, 6.07) is 18.6. The topological polar surface area (TPSA) is 156 Å². The first-order valence-electron chi connectivity index (χ1n) is 14.6. The number of carbonyl (C=O) groups is 2. The first kappa shape index (κ1) is 35.2. The van der Waals surface area contributed by atoms with Crippen molar-refractivity contribution in [3.8, 4) is 11.1 Å². The summed E-state index contributed by atoms with van der Waals surface area (Å²) in [6.45, 7) is 9.49. The van der Waals surface area contributed by atoms with E-state index in [2.05, 4.69) is 0 Å². The fourth-order valence-electron chi connectivity index (χ4n) is 4.67. The van der Waals surface area contributed by atoms with Gasteiger partial charge in [-0.2, -0.15) is 0 Å². The van der Waals surface area contributed by atoms with Crippen molar-refractivity contribution in [2.45, 2.75) is 59.2 Å². The van der Waals surface area contributed by atoms with Crippen LogP contribution in [0.1, 0.15) is 67.8 Å². The Labute approximate surface area is 264 Å². The maximum Gasteiger partial charge on any atom is 0.410 e. The lowest BCUT2D eigenvalue weighted by molar-refractivity contribution is -0.384. The molecule has 11 nitrogen and oxygen atoms in total. The molecule has 3 aromatic carbocycles. The molecule has 0 bridgehead atoms. The van der Waals surface area contributed by atoms with Crippen molar-refractivity contribution in [2.24, 2.45) is 5.92 Å². The smallest absolute Gasteiger partial charge is 0.410 e. The van der Waals surface area contributed by atoms with Crippen molar-refractivity contribution in [3.63, 3.8) is 0 Å². The van der Waals surface area contributed by atoms with Gasteiger partial charge in [0.05, 0.1) is 23.8 Å². The van der Waals surface area contributed by atoms with Gasteiger partial charge < -0.3 is 14.7 Å². The van der Waals surface area contributed by atoms with Crippen LogP contribution in [0.25, 0.3) is 11.1 Å². The van der Waals surface area contributed by atoms with E-state index in [1.165, 1.54) is 29.2 Å². The van der Waals surface area contributed by atoms with Gasteiger partial charge >= 0.3 is 6.09 Å². The molecule has 0 spiro atoms. The molecule has 0 heterocycles. The third-order valence-corrected chi connectivity index (χ3v) is 7.30. The van der Waals surface area contributed by atoms with Crippen molar-refractivity contribution in [1.82, 2.24) is 9.62 Å². The molecule has 2 amide bonds. The number of nitro benzene ring substituents is 1. The molecule has 242 valence electrons. The van der Waals surface area contributed by atoms with Gasteiger partial charge in [0.2, 0.25) is 10.0 Å². The van der Waals surface area contributed by atoms with E-state index in [1.807, 2.05) is 48.9 Å². The molecule has 0 aliphatic heterocycles. The predicted octanol–water partition coefficient (Wildman–Crippen LogP) is 5.66. The number of benzene rings is 3. The largest absolute Gasteiger partial charge is 0.444 e. The van der Waals surface area contributed by atoms with Crippen LogP contribution in [0, 0.1) is 16.0 Å². The number of nitrogens with zero attached hydrogens (tertiary/aromatic N) is 2. The predicted molar refractivity (Wildman–Crippen MR) is 172 cm³/mol. The maximum absolute atomic E-state index is 13.0. The van der Waals surface area contributed by atoms with E-state index in [1.54, 1.807) is 32.9 Å². The second kappa shape index (κ2) is 14.7. The minimum Gasteiger partial charge on any atom is -0.444 e. The van der Waals surface area contributed by atoms with E-state index < -0.39 is 38.7 Å². The van der Waals surface area contributed by atoms with Gasteiger partial charge in [-0.15, -0.1) is 0 Å². The number of aliphatic hydroxyl groups excluding tert-OH is 1. The van der Waals surface area contributed by atoms with E-state index in [4.69, 9.17) is 4.74 Å². The SMILES string of the molecule is CC(C)Cc1cc(-c2ccc(CCN(C[C@H](O)c3ccc([N+](=O)[O-])cc3)C(=O)OC(C)(C)C)cc2)ccc1C(=O)NS(C)(=O)=O. The van der Waals surface area contributed by atoms with Crippen LogP contribution in [0.15, 0.2) is 66.7 Å². The fourth-order valence-corrected chi connectivity index (χ4v) is 5.12. The highest BCUT2D eigenvalue weighted by molar-refractivity contribution is 7.89. The molecule has 0 radical (unpaired) electrons. The van der Waals surface area contributed by atoms with Crippen LogP contribution >= 0.6 is 0 Å². The number of non-ortho nitro benzene ring substituents is 1. The number of hydrogen-bond donors (Lipinski definition) is 2. The number of amides is 2. The number of rotatable bonds is 12. The molecule has 0 fully saturated rings. The number of aliphatic hydroxyl groups is 1. The summed E-state index contributed by atoms with van der Waals surface area (Å²) >= 11 is 0.